The summed E-state index contributed by atoms with van der Waals surface area (Å²) in [5.74, 6) is 0. The van der Waals surface area contributed by atoms with Crippen LogP contribution in [0.15, 0.2) is 18.2 Å². The second kappa shape index (κ2) is 4.03. The van der Waals surface area contributed by atoms with Crippen molar-refractivity contribution in [1.29, 1.82) is 0 Å². The van der Waals surface area contributed by atoms with Crippen molar-refractivity contribution in [2.75, 3.05) is 25.1 Å². The fourth-order valence-corrected chi connectivity index (χ4v) is 1.89. The molecule has 0 unspecified atom stereocenters. The molecule has 0 amide bonds. The molecular formula is C12H15NO2. The van der Waals surface area contributed by atoms with Crippen molar-refractivity contribution in [3.05, 3.63) is 29.3 Å². The molecule has 0 aliphatic carbocycles. The molecule has 1 fully saturated rings. The van der Waals surface area contributed by atoms with E-state index in [2.05, 4.69) is 4.90 Å². The summed E-state index contributed by atoms with van der Waals surface area (Å²) >= 11 is 0. The molecule has 15 heavy (non-hydrogen) atoms. The van der Waals surface area contributed by atoms with Gasteiger partial charge in [0, 0.05) is 31.5 Å². The summed E-state index contributed by atoms with van der Waals surface area (Å²) < 4.78 is 5.22. The molecule has 80 valence electrons. The molecule has 0 saturated carbocycles. The Kier molecular flexibility index (Phi) is 2.73. The van der Waals surface area contributed by atoms with Gasteiger partial charge in [0.05, 0.1) is 6.10 Å². The number of carbonyl (C=O) groups is 1. The van der Waals surface area contributed by atoms with Crippen LogP contribution >= 0.6 is 0 Å². The Morgan fingerprint density at radius 1 is 1.47 bits per heavy atom. The van der Waals surface area contributed by atoms with E-state index < -0.39 is 0 Å². The van der Waals surface area contributed by atoms with Gasteiger partial charge >= 0.3 is 0 Å². The number of hydrogen-bond donors (Lipinski definition) is 0. The van der Waals surface area contributed by atoms with Crippen LogP contribution in [0.2, 0.25) is 0 Å². The summed E-state index contributed by atoms with van der Waals surface area (Å²) in [6.45, 7) is 3.91. The van der Waals surface area contributed by atoms with Crippen molar-refractivity contribution in [1.82, 2.24) is 0 Å². The van der Waals surface area contributed by atoms with Crippen molar-refractivity contribution in [3.63, 3.8) is 0 Å². The number of aldehydes is 1. The van der Waals surface area contributed by atoms with Crippen LogP contribution in [-0.4, -0.2) is 32.6 Å². The fourth-order valence-electron chi connectivity index (χ4n) is 1.89. The molecule has 1 aliphatic heterocycles. The van der Waals surface area contributed by atoms with Crippen LogP contribution in [0.25, 0.3) is 0 Å². The molecule has 1 aromatic carbocycles. The maximum atomic E-state index is 10.6. The molecule has 0 aromatic heterocycles. The number of methoxy groups -OCH3 is 1. The predicted molar refractivity (Wildman–Crippen MR) is 59.6 cm³/mol. The Balaban J connectivity index is 2.13. The van der Waals surface area contributed by atoms with Crippen molar-refractivity contribution in [2.24, 2.45) is 0 Å². The van der Waals surface area contributed by atoms with E-state index in [1.165, 1.54) is 5.69 Å². The van der Waals surface area contributed by atoms with Crippen molar-refractivity contribution in [3.8, 4) is 0 Å². The van der Waals surface area contributed by atoms with Crippen molar-refractivity contribution < 1.29 is 9.53 Å². The highest BCUT2D eigenvalue weighted by atomic mass is 16.5. The van der Waals surface area contributed by atoms with Gasteiger partial charge in [0.15, 0.2) is 0 Å². The number of ether oxygens (including phenoxy) is 1. The van der Waals surface area contributed by atoms with Gasteiger partial charge in [-0.05, 0) is 30.7 Å². The van der Waals surface area contributed by atoms with Crippen LogP contribution in [0.3, 0.4) is 0 Å². The van der Waals surface area contributed by atoms with E-state index in [-0.39, 0.29) is 0 Å². The number of rotatable bonds is 3. The standard InChI is InChI=1S/C12H15NO2/c1-9-5-10(8-14)3-4-12(9)13-6-11(7-13)15-2/h3-5,8,11H,6-7H2,1-2H3. The van der Waals surface area contributed by atoms with Gasteiger partial charge in [0.1, 0.15) is 6.29 Å². The number of nitrogens with zero attached hydrogens (tertiary/aromatic N) is 1. The maximum absolute atomic E-state index is 10.6. The second-order valence-electron chi connectivity index (χ2n) is 3.93. The van der Waals surface area contributed by atoms with Crippen LogP contribution in [0, 0.1) is 6.92 Å². The van der Waals surface area contributed by atoms with Crippen molar-refractivity contribution in [2.45, 2.75) is 13.0 Å². The first-order chi connectivity index (χ1) is 7.24. The molecule has 3 heteroatoms. The zero-order valence-electron chi connectivity index (χ0n) is 9.06. The molecule has 3 nitrogen and oxygen atoms in total. The van der Waals surface area contributed by atoms with Gasteiger partial charge in [-0.2, -0.15) is 0 Å². The first-order valence-electron chi connectivity index (χ1n) is 5.08. The van der Waals surface area contributed by atoms with E-state index in [0.29, 0.717) is 6.10 Å². The minimum absolute atomic E-state index is 0.357. The van der Waals surface area contributed by atoms with Crippen LogP contribution < -0.4 is 4.90 Å². The van der Waals surface area contributed by atoms with E-state index >= 15 is 0 Å². The van der Waals surface area contributed by atoms with Crippen LogP contribution in [0.4, 0.5) is 5.69 Å². The molecule has 0 radical (unpaired) electrons. The third-order valence-electron chi connectivity index (χ3n) is 2.88. The smallest absolute Gasteiger partial charge is 0.150 e. The molecule has 0 bridgehead atoms. The number of anilines is 1. The molecule has 0 atom stereocenters. The Labute approximate surface area is 89.7 Å². The number of benzene rings is 1. The molecule has 1 aliphatic rings. The minimum Gasteiger partial charge on any atom is -0.378 e. The summed E-state index contributed by atoms with van der Waals surface area (Å²) in [6, 6.07) is 5.78. The van der Waals surface area contributed by atoms with Gasteiger partial charge in [-0.3, -0.25) is 4.79 Å². The lowest BCUT2D eigenvalue weighted by Crippen LogP contribution is -2.52. The van der Waals surface area contributed by atoms with Gasteiger partial charge in [-0.25, -0.2) is 0 Å². The maximum Gasteiger partial charge on any atom is 0.150 e. The third-order valence-corrected chi connectivity index (χ3v) is 2.88. The highest BCUT2D eigenvalue weighted by Crippen LogP contribution is 2.26. The van der Waals surface area contributed by atoms with E-state index in [1.54, 1.807) is 7.11 Å². The summed E-state index contributed by atoms with van der Waals surface area (Å²) in [5, 5.41) is 0. The largest absolute Gasteiger partial charge is 0.378 e. The first kappa shape index (κ1) is 10.2. The van der Waals surface area contributed by atoms with Gasteiger partial charge in [-0.15, -0.1) is 0 Å². The average Bonchev–Trinajstić information content (AvgIpc) is 2.18. The zero-order chi connectivity index (χ0) is 10.8. The Bertz CT molecular complexity index is 370. The molecule has 1 heterocycles. The first-order valence-corrected chi connectivity index (χ1v) is 5.08. The lowest BCUT2D eigenvalue weighted by molar-refractivity contribution is 0.0787. The quantitative estimate of drug-likeness (QED) is 0.703. The Hall–Kier alpha value is -1.35. The summed E-state index contributed by atoms with van der Waals surface area (Å²) in [7, 11) is 1.74. The fraction of sp³-hybridized carbons (Fsp3) is 0.417. The van der Waals surface area contributed by atoms with Gasteiger partial charge < -0.3 is 9.64 Å². The number of aryl methyl sites for hydroxylation is 1. The molecule has 2 rings (SSSR count). The summed E-state index contributed by atoms with van der Waals surface area (Å²) in [5.41, 5.74) is 3.09. The average molecular weight is 205 g/mol. The number of hydrogen-bond acceptors (Lipinski definition) is 3. The van der Waals surface area contributed by atoms with Gasteiger partial charge in [-0.1, -0.05) is 0 Å². The second-order valence-corrected chi connectivity index (χ2v) is 3.93. The van der Waals surface area contributed by atoms with E-state index in [9.17, 15) is 4.79 Å². The lowest BCUT2D eigenvalue weighted by atomic mass is 10.1. The molecule has 1 saturated heterocycles. The van der Waals surface area contributed by atoms with Gasteiger partial charge in [0.2, 0.25) is 0 Å². The van der Waals surface area contributed by atoms with Crippen LogP contribution in [0.5, 0.6) is 0 Å². The summed E-state index contributed by atoms with van der Waals surface area (Å²) in [6.07, 6.45) is 1.24. The molecular weight excluding hydrogens is 190 g/mol. The SMILES string of the molecule is COC1CN(c2ccc(C=O)cc2C)C1. The topological polar surface area (TPSA) is 29.5 Å². The monoisotopic (exact) mass is 205 g/mol. The van der Waals surface area contributed by atoms with Crippen molar-refractivity contribution >= 4 is 12.0 Å². The summed E-state index contributed by atoms with van der Waals surface area (Å²) in [4.78, 5) is 12.9. The molecule has 0 spiro atoms. The van der Waals surface area contributed by atoms with E-state index in [1.807, 2.05) is 25.1 Å². The lowest BCUT2D eigenvalue weighted by Gasteiger charge is -2.40. The van der Waals surface area contributed by atoms with Gasteiger partial charge in [0.25, 0.3) is 0 Å². The Morgan fingerprint density at radius 3 is 2.73 bits per heavy atom. The van der Waals surface area contributed by atoms with Crippen LogP contribution in [-0.2, 0) is 4.74 Å². The zero-order valence-corrected chi connectivity index (χ0v) is 9.06. The number of carbonyl (C=O) groups excluding carboxylic acids is 1. The van der Waals surface area contributed by atoms with Crippen LogP contribution in [0.1, 0.15) is 15.9 Å². The molecule has 0 N–H and O–H groups in total. The third kappa shape index (κ3) is 1.88. The van der Waals surface area contributed by atoms with E-state index in [0.717, 1.165) is 30.5 Å². The molecule has 1 aromatic rings. The highest BCUT2D eigenvalue weighted by molar-refractivity contribution is 5.77. The van der Waals surface area contributed by atoms with E-state index in [4.69, 9.17) is 4.74 Å². The Morgan fingerprint density at radius 2 is 2.20 bits per heavy atom. The predicted octanol–water partition coefficient (Wildman–Crippen LogP) is 1.64. The minimum atomic E-state index is 0.357. The normalized spacial score (nSPS) is 16.3. The highest BCUT2D eigenvalue weighted by Gasteiger charge is 2.27.